The molecule has 0 amide bonds. The minimum absolute atomic E-state index is 0.121. The first kappa shape index (κ1) is 12.9. The molecule has 0 spiro atoms. The van der Waals surface area contributed by atoms with E-state index in [2.05, 4.69) is 9.72 Å². The molecule has 88 valence electrons. The van der Waals surface area contributed by atoms with Crippen molar-refractivity contribution in [3.63, 3.8) is 0 Å². The fraction of sp³-hybridized carbons (Fsp3) is 0.333. The normalized spacial score (nSPS) is 9.94. The fourth-order valence-electron chi connectivity index (χ4n) is 0.886. The number of pyridine rings is 1. The molecule has 0 radical (unpaired) electrons. The lowest BCUT2D eigenvalue weighted by atomic mass is 10.4. The number of aromatic nitrogens is 1. The van der Waals surface area contributed by atoms with Crippen LogP contribution in [-0.4, -0.2) is 24.2 Å². The smallest absolute Gasteiger partial charge is 0.302 e. The summed E-state index contributed by atoms with van der Waals surface area (Å²) >= 11 is 11.5. The van der Waals surface area contributed by atoms with Crippen molar-refractivity contribution >= 4 is 34.9 Å². The molecule has 1 heterocycles. The van der Waals surface area contributed by atoms with Crippen molar-refractivity contribution in [2.75, 3.05) is 18.9 Å². The number of nitrogen functional groups attached to an aromatic ring is 1. The third-order valence-electron chi connectivity index (χ3n) is 1.60. The molecule has 0 aliphatic carbocycles. The number of hydrogen-bond acceptors (Lipinski definition) is 5. The number of halogens is 2. The molecule has 0 aromatic carbocycles. The highest BCUT2D eigenvalue weighted by Gasteiger charge is 2.10. The zero-order valence-corrected chi connectivity index (χ0v) is 10.0. The molecule has 7 heteroatoms. The molecule has 0 saturated heterocycles. The fourth-order valence-corrected chi connectivity index (χ4v) is 1.28. The molecule has 0 fully saturated rings. The lowest BCUT2D eigenvalue weighted by Crippen LogP contribution is -2.10. The Hall–Kier alpha value is -1.20. The summed E-state index contributed by atoms with van der Waals surface area (Å²) in [6.45, 7) is 1.58. The van der Waals surface area contributed by atoms with E-state index in [9.17, 15) is 4.79 Å². The van der Waals surface area contributed by atoms with Crippen molar-refractivity contribution in [3.8, 4) is 5.88 Å². The maximum absolute atomic E-state index is 10.5. The van der Waals surface area contributed by atoms with Crippen molar-refractivity contribution in [2.45, 2.75) is 6.92 Å². The van der Waals surface area contributed by atoms with E-state index < -0.39 is 0 Å². The number of nitrogens with zero attached hydrogens (tertiary/aromatic N) is 1. The summed E-state index contributed by atoms with van der Waals surface area (Å²) in [5.74, 6) is -0.214. The van der Waals surface area contributed by atoms with Crippen molar-refractivity contribution < 1.29 is 14.3 Å². The second kappa shape index (κ2) is 5.77. The second-order valence-corrected chi connectivity index (χ2v) is 3.61. The Bertz CT molecular complexity index is 399. The molecule has 1 aromatic rings. The molecule has 1 aromatic heterocycles. The Balaban J connectivity index is 2.55. The lowest BCUT2D eigenvalue weighted by molar-refractivity contribution is -0.141. The number of nitrogens with two attached hydrogens (primary N) is 1. The van der Waals surface area contributed by atoms with Gasteiger partial charge in [-0.2, -0.15) is 0 Å². The van der Waals surface area contributed by atoms with Crippen molar-refractivity contribution in [2.24, 2.45) is 0 Å². The predicted molar refractivity (Wildman–Crippen MR) is 60.8 cm³/mol. The van der Waals surface area contributed by atoms with Gasteiger partial charge in [-0.3, -0.25) is 4.79 Å². The Morgan fingerprint density at radius 3 is 2.81 bits per heavy atom. The molecule has 5 nitrogen and oxygen atoms in total. The summed E-state index contributed by atoms with van der Waals surface area (Å²) in [5, 5.41) is 0.410. The Morgan fingerprint density at radius 1 is 1.50 bits per heavy atom. The van der Waals surface area contributed by atoms with Gasteiger partial charge in [0.1, 0.15) is 18.2 Å². The SMILES string of the molecule is CC(=O)OCCOc1ncc(Cl)c(N)c1Cl. The summed E-state index contributed by atoms with van der Waals surface area (Å²) in [5.41, 5.74) is 5.77. The van der Waals surface area contributed by atoms with E-state index >= 15 is 0 Å². The summed E-state index contributed by atoms with van der Waals surface area (Å²) in [7, 11) is 0. The number of hydrogen-bond donors (Lipinski definition) is 1. The highest BCUT2D eigenvalue weighted by Crippen LogP contribution is 2.32. The van der Waals surface area contributed by atoms with Gasteiger partial charge in [-0.1, -0.05) is 23.2 Å². The Morgan fingerprint density at radius 2 is 2.19 bits per heavy atom. The lowest BCUT2D eigenvalue weighted by Gasteiger charge is -2.08. The maximum Gasteiger partial charge on any atom is 0.302 e. The van der Waals surface area contributed by atoms with E-state index in [-0.39, 0.29) is 40.8 Å². The molecule has 0 saturated carbocycles. The van der Waals surface area contributed by atoms with E-state index in [1.165, 1.54) is 13.1 Å². The van der Waals surface area contributed by atoms with Crippen molar-refractivity contribution in [1.29, 1.82) is 0 Å². The van der Waals surface area contributed by atoms with Crippen LogP contribution >= 0.6 is 23.2 Å². The van der Waals surface area contributed by atoms with E-state index in [1.807, 2.05) is 0 Å². The first-order valence-corrected chi connectivity index (χ1v) is 5.13. The highest BCUT2D eigenvalue weighted by molar-refractivity contribution is 6.39. The molecule has 0 atom stereocenters. The van der Waals surface area contributed by atoms with Gasteiger partial charge in [0.15, 0.2) is 0 Å². The topological polar surface area (TPSA) is 74.4 Å². The predicted octanol–water partition coefficient (Wildman–Crippen LogP) is 1.91. The molecule has 2 N–H and O–H groups in total. The quantitative estimate of drug-likeness (QED) is 0.664. The number of carbonyl (C=O) groups excluding carboxylic acids is 1. The van der Waals surface area contributed by atoms with Crippen LogP contribution in [0.25, 0.3) is 0 Å². The molecule has 0 aliphatic heterocycles. The molecule has 0 aliphatic rings. The maximum atomic E-state index is 10.5. The molecule has 0 bridgehead atoms. The van der Waals surface area contributed by atoms with Gasteiger partial charge in [-0.15, -0.1) is 0 Å². The van der Waals surface area contributed by atoms with Gasteiger partial charge in [0.05, 0.1) is 16.9 Å². The molecule has 1 rings (SSSR count). The van der Waals surface area contributed by atoms with Gasteiger partial charge >= 0.3 is 5.97 Å². The number of esters is 1. The first-order chi connectivity index (χ1) is 7.52. The summed E-state index contributed by atoms with van der Waals surface area (Å²) < 4.78 is 9.83. The zero-order valence-electron chi connectivity index (χ0n) is 8.50. The molecular formula is C9H10Cl2N2O3. The number of ether oxygens (including phenoxy) is 2. The molecule has 0 unspecified atom stereocenters. The van der Waals surface area contributed by atoms with Gasteiger partial charge in [-0.25, -0.2) is 4.98 Å². The average Bonchev–Trinajstić information content (AvgIpc) is 2.23. The average molecular weight is 265 g/mol. The minimum atomic E-state index is -0.377. The highest BCUT2D eigenvalue weighted by atomic mass is 35.5. The van der Waals surface area contributed by atoms with Crippen LogP contribution in [0, 0.1) is 0 Å². The monoisotopic (exact) mass is 264 g/mol. The summed E-state index contributed by atoms with van der Waals surface area (Å²) in [4.78, 5) is 14.3. The van der Waals surface area contributed by atoms with Crippen LogP contribution in [0.15, 0.2) is 6.20 Å². The van der Waals surface area contributed by atoms with Gasteiger partial charge in [0.2, 0.25) is 5.88 Å². The first-order valence-electron chi connectivity index (χ1n) is 4.38. The molecular weight excluding hydrogens is 255 g/mol. The largest absolute Gasteiger partial charge is 0.473 e. The van der Waals surface area contributed by atoms with Crippen LogP contribution in [0.1, 0.15) is 6.92 Å². The van der Waals surface area contributed by atoms with Crippen molar-refractivity contribution in [1.82, 2.24) is 4.98 Å². The number of anilines is 1. The standard InChI is InChI=1S/C9H10Cl2N2O3/c1-5(14)15-2-3-16-9-7(11)8(12)6(10)4-13-9/h4H,2-3H2,1H3,(H2,12,13). The third-order valence-corrected chi connectivity index (χ3v) is 2.27. The number of rotatable bonds is 4. The van der Waals surface area contributed by atoms with Crippen LogP contribution in [0.5, 0.6) is 5.88 Å². The van der Waals surface area contributed by atoms with Gasteiger partial charge < -0.3 is 15.2 Å². The van der Waals surface area contributed by atoms with Crippen LogP contribution in [-0.2, 0) is 9.53 Å². The van der Waals surface area contributed by atoms with E-state index in [0.717, 1.165) is 0 Å². The van der Waals surface area contributed by atoms with E-state index in [4.69, 9.17) is 33.7 Å². The zero-order chi connectivity index (χ0) is 12.1. The van der Waals surface area contributed by atoms with Crippen LogP contribution in [0.3, 0.4) is 0 Å². The minimum Gasteiger partial charge on any atom is -0.473 e. The second-order valence-electron chi connectivity index (χ2n) is 2.83. The van der Waals surface area contributed by atoms with E-state index in [1.54, 1.807) is 0 Å². The van der Waals surface area contributed by atoms with Gasteiger partial charge in [0, 0.05) is 6.92 Å². The van der Waals surface area contributed by atoms with Crippen LogP contribution < -0.4 is 10.5 Å². The summed E-state index contributed by atoms with van der Waals surface area (Å²) in [6, 6.07) is 0. The van der Waals surface area contributed by atoms with E-state index in [0.29, 0.717) is 0 Å². The Kier molecular flexibility index (Phi) is 4.64. The number of carbonyl (C=O) groups is 1. The van der Waals surface area contributed by atoms with Gasteiger partial charge in [0.25, 0.3) is 0 Å². The van der Waals surface area contributed by atoms with Crippen LogP contribution in [0.2, 0.25) is 10.0 Å². The van der Waals surface area contributed by atoms with Crippen LogP contribution in [0.4, 0.5) is 5.69 Å². The Labute approximate surface area is 102 Å². The van der Waals surface area contributed by atoms with Gasteiger partial charge in [-0.05, 0) is 0 Å². The molecule has 16 heavy (non-hydrogen) atoms. The van der Waals surface area contributed by atoms with Crippen molar-refractivity contribution in [3.05, 3.63) is 16.2 Å². The summed E-state index contributed by atoms with van der Waals surface area (Å²) in [6.07, 6.45) is 1.34. The third kappa shape index (κ3) is 3.43.